The quantitative estimate of drug-likeness (QED) is 0.569. The summed E-state index contributed by atoms with van der Waals surface area (Å²) in [4.78, 5) is 26.4. The first kappa shape index (κ1) is 23.7. The molecule has 7 heteroatoms. The van der Waals surface area contributed by atoms with Gasteiger partial charge in [0.15, 0.2) is 5.78 Å². The predicted molar refractivity (Wildman–Crippen MR) is 123 cm³/mol. The summed E-state index contributed by atoms with van der Waals surface area (Å²) >= 11 is 0. The van der Waals surface area contributed by atoms with Crippen LogP contribution in [0.3, 0.4) is 0 Å². The molecule has 1 heterocycles. The fraction of sp³-hybridized carbons (Fsp3) is 0.630. The van der Waals surface area contributed by atoms with Crippen molar-refractivity contribution in [3.8, 4) is 0 Å². The monoisotopic (exact) mass is 470 g/mol. The van der Waals surface area contributed by atoms with E-state index in [-0.39, 0.29) is 18.8 Å². The molecule has 1 aliphatic heterocycles. The molecule has 3 fully saturated rings. The Labute approximate surface area is 199 Å². The van der Waals surface area contributed by atoms with Crippen LogP contribution < -0.4 is 0 Å². The average molecular weight is 471 g/mol. The summed E-state index contributed by atoms with van der Waals surface area (Å²) in [6.07, 6.45) is -2.68. The SMILES string of the molecule is CC1=C2[C@@H](O)[C@H](O)[C@]3(C)CC[C@H]4OC[C@@]4(O)[C@H]3[C@H](OC(=O)c3ccccc3)[C@H](CC1=O)C2(C)C. The summed E-state index contributed by atoms with van der Waals surface area (Å²) in [6.45, 7) is 7.46. The minimum absolute atomic E-state index is 0.0585. The van der Waals surface area contributed by atoms with Crippen LogP contribution in [0.5, 0.6) is 0 Å². The number of ether oxygens (including phenoxy) is 2. The molecule has 2 bridgehead atoms. The summed E-state index contributed by atoms with van der Waals surface area (Å²) < 4.78 is 11.9. The van der Waals surface area contributed by atoms with E-state index in [0.717, 1.165) is 0 Å². The first-order chi connectivity index (χ1) is 15.9. The van der Waals surface area contributed by atoms with Crippen LogP contribution in [0.25, 0.3) is 0 Å². The molecule has 5 rings (SSSR count). The molecule has 7 nitrogen and oxygen atoms in total. The van der Waals surface area contributed by atoms with Crippen molar-refractivity contribution in [3.63, 3.8) is 0 Å². The molecule has 0 amide bonds. The lowest BCUT2D eigenvalue weighted by Gasteiger charge is -2.65. The number of carbonyl (C=O) groups excluding carboxylic acids is 2. The zero-order valence-corrected chi connectivity index (χ0v) is 20.2. The van der Waals surface area contributed by atoms with Crippen LogP contribution >= 0.6 is 0 Å². The summed E-state index contributed by atoms with van der Waals surface area (Å²) in [7, 11) is 0. The van der Waals surface area contributed by atoms with Crippen molar-refractivity contribution in [1.82, 2.24) is 0 Å². The molecule has 8 atom stereocenters. The molecule has 0 aromatic heterocycles. The Hall–Kier alpha value is -2.06. The summed E-state index contributed by atoms with van der Waals surface area (Å²) in [5.41, 5.74) is -1.71. The molecule has 3 aliphatic carbocycles. The Kier molecular flexibility index (Phi) is 5.37. The van der Waals surface area contributed by atoms with Crippen molar-refractivity contribution in [1.29, 1.82) is 0 Å². The Morgan fingerprint density at radius 2 is 1.82 bits per heavy atom. The maximum atomic E-state index is 13.3. The molecular weight excluding hydrogens is 436 g/mol. The Morgan fingerprint density at radius 3 is 2.44 bits per heavy atom. The van der Waals surface area contributed by atoms with E-state index in [2.05, 4.69) is 0 Å². The second-order valence-corrected chi connectivity index (χ2v) is 11.4. The van der Waals surface area contributed by atoms with Gasteiger partial charge in [-0.2, -0.15) is 0 Å². The summed E-state index contributed by atoms with van der Waals surface area (Å²) in [5, 5.41) is 34.9. The van der Waals surface area contributed by atoms with E-state index in [0.29, 0.717) is 29.6 Å². The smallest absolute Gasteiger partial charge is 0.338 e. The van der Waals surface area contributed by atoms with Crippen molar-refractivity contribution < 1.29 is 34.4 Å². The molecule has 1 saturated heterocycles. The molecule has 1 aromatic carbocycles. The summed E-state index contributed by atoms with van der Waals surface area (Å²) in [6, 6.07) is 8.65. The first-order valence-corrected chi connectivity index (χ1v) is 12.1. The number of fused-ring (bicyclic) bond motifs is 5. The molecule has 4 aliphatic rings. The van der Waals surface area contributed by atoms with Crippen molar-refractivity contribution in [2.75, 3.05) is 6.61 Å². The van der Waals surface area contributed by atoms with Gasteiger partial charge in [0.25, 0.3) is 0 Å². The molecule has 2 saturated carbocycles. The van der Waals surface area contributed by atoms with Crippen molar-refractivity contribution in [3.05, 3.63) is 47.0 Å². The highest BCUT2D eigenvalue weighted by Gasteiger charge is 2.70. The molecule has 3 N–H and O–H groups in total. The maximum Gasteiger partial charge on any atom is 0.338 e. The van der Waals surface area contributed by atoms with Gasteiger partial charge in [-0.05, 0) is 48.5 Å². The van der Waals surface area contributed by atoms with Crippen molar-refractivity contribution >= 4 is 11.8 Å². The van der Waals surface area contributed by atoms with E-state index in [4.69, 9.17) is 9.47 Å². The van der Waals surface area contributed by atoms with Gasteiger partial charge in [-0.1, -0.05) is 39.0 Å². The molecule has 0 radical (unpaired) electrons. The number of carbonyl (C=O) groups is 2. The highest BCUT2D eigenvalue weighted by molar-refractivity contribution is 5.97. The number of hydrogen-bond acceptors (Lipinski definition) is 7. The fourth-order valence-corrected chi connectivity index (χ4v) is 7.39. The van der Waals surface area contributed by atoms with Gasteiger partial charge < -0.3 is 24.8 Å². The molecular formula is C27H34O7. The van der Waals surface area contributed by atoms with Crippen molar-refractivity contribution in [2.24, 2.45) is 22.7 Å². The zero-order chi connectivity index (χ0) is 24.6. The van der Waals surface area contributed by atoms with Gasteiger partial charge in [-0.25, -0.2) is 4.79 Å². The van der Waals surface area contributed by atoms with Crippen LogP contribution in [0, 0.1) is 22.7 Å². The van der Waals surface area contributed by atoms with E-state index >= 15 is 0 Å². The standard InChI is InChI=1S/C27H34O7/c1-14-17(28)12-16-21(34-24(31)15-8-6-5-7-9-15)22-26(4,11-10-18-27(22,32)13-33-18)23(30)20(29)19(14)25(16,2)3/h5-9,16,18,20-23,29-30,32H,10-13H2,1-4H3/t16-,18+,20+,21+,22-,23-,26+,27-/m0/s1. The van der Waals surface area contributed by atoms with Crippen LogP contribution in [0.1, 0.15) is 57.3 Å². The maximum absolute atomic E-state index is 13.3. The second-order valence-electron chi connectivity index (χ2n) is 11.4. The largest absolute Gasteiger partial charge is 0.458 e. The molecule has 0 spiro atoms. The van der Waals surface area contributed by atoms with Crippen LogP contribution in [-0.4, -0.2) is 63.7 Å². The minimum atomic E-state index is -1.33. The lowest BCUT2D eigenvalue weighted by atomic mass is 9.46. The Morgan fingerprint density at radius 1 is 1.15 bits per heavy atom. The highest BCUT2D eigenvalue weighted by atomic mass is 16.6. The molecule has 1 aromatic rings. The lowest BCUT2D eigenvalue weighted by molar-refractivity contribution is -0.332. The number of aliphatic hydroxyl groups excluding tert-OH is 2. The van der Waals surface area contributed by atoms with Crippen LogP contribution in [-0.2, 0) is 14.3 Å². The number of benzene rings is 1. The first-order valence-electron chi connectivity index (χ1n) is 12.1. The van der Waals surface area contributed by atoms with Gasteiger partial charge in [-0.15, -0.1) is 0 Å². The molecule has 34 heavy (non-hydrogen) atoms. The Balaban J connectivity index is 1.70. The summed E-state index contributed by atoms with van der Waals surface area (Å²) in [5.74, 6) is -1.88. The van der Waals surface area contributed by atoms with Gasteiger partial charge in [0.2, 0.25) is 0 Å². The normalized spacial score (nSPS) is 43.1. The number of allylic oxidation sites excluding steroid dienone is 1. The van der Waals surface area contributed by atoms with Gasteiger partial charge in [-0.3, -0.25) is 4.79 Å². The number of Topliss-reactive ketones (excluding diaryl/α,β-unsaturated/α-hetero) is 1. The van der Waals surface area contributed by atoms with Crippen LogP contribution in [0.2, 0.25) is 0 Å². The van der Waals surface area contributed by atoms with E-state index in [1.165, 1.54) is 0 Å². The minimum Gasteiger partial charge on any atom is -0.458 e. The zero-order valence-electron chi connectivity index (χ0n) is 20.2. The van der Waals surface area contributed by atoms with E-state index < -0.39 is 58.7 Å². The average Bonchev–Trinajstić information content (AvgIpc) is 2.78. The van der Waals surface area contributed by atoms with E-state index in [9.17, 15) is 24.9 Å². The third kappa shape index (κ3) is 3.10. The third-order valence-corrected chi connectivity index (χ3v) is 9.36. The number of ketones is 1. The fourth-order valence-electron chi connectivity index (χ4n) is 7.39. The van der Waals surface area contributed by atoms with Gasteiger partial charge in [0, 0.05) is 23.7 Å². The van der Waals surface area contributed by atoms with E-state index in [1.54, 1.807) is 31.2 Å². The molecule has 184 valence electrons. The van der Waals surface area contributed by atoms with Crippen molar-refractivity contribution in [2.45, 2.75) is 77.0 Å². The predicted octanol–water partition coefficient (Wildman–Crippen LogP) is 2.43. The van der Waals surface area contributed by atoms with Gasteiger partial charge >= 0.3 is 5.97 Å². The number of aliphatic hydroxyl groups is 3. The lowest BCUT2D eigenvalue weighted by Crippen LogP contribution is -2.75. The Bertz CT molecular complexity index is 1050. The van der Waals surface area contributed by atoms with Gasteiger partial charge in [0.1, 0.15) is 17.8 Å². The van der Waals surface area contributed by atoms with Crippen LogP contribution in [0.15, 0.2) is 41.5 Å². The van der Waals surface area contributed by atoms with E-state index in [1.807, 2.05) is 26.8 Å². The number of rotatable bonds is 2. The topological polar surface area (TPSA) is 113 Å². The molecule has 0 unspecified atom stereocenters. The second kappa shape index (κ2) is 7.72. The third-order valence-electron chi connectivity index (χ3n) is 9.36. The number of hydrogen-bond donors (Lipinski definition) is 3. The number of esters is 1. The van der Waals surface area contributed by atoms with Gasteiger partial charge in [0.05, 0.1) is 24.4 Å². The van der Waals surface area contributed by atoms with Crippen LogP contribution in [0.4, 0.5) is 0 Å². The highest BCUT2D eigenvalue weighted by Crippen LogP contribution is 2.62.